The Bertz CT molecular complexity index is 892. The molecule has 1 aliphatic carbocycles. The summed E-state index contributed by atoms with van der Waals surface area (Å²) in [5, 5.41) is 11.5. The summed E-state index contributed by atoms with van der Waals surface area (Å²) in [4.78, 5) is 23.6. The summed E-state index contributed by atoms with van der Waals surface area (Å²) in [5.74, 6) is -0.971. The maximum Gasteiger partial charge on any atom is 0.331 e. The van der Waals surface area contributed by atoms with Crippen LogP contribution in [0, 0.1) is 11.3 Å². The first-order chi connectivity index (χ1) is 12.6. The molecular formula is C21H18N2O3. The Hall–Kier alpha value is -3.39. The molecule has 0 aromatic heterocycles. The van der Waals surface area contributed by atoms with Gasteiger partial charge >= 0.3 is 5.97 Å². The van der Waals surface area contributed by atoms with Crippen molar-refractivity contribution in [2.45, 2.75) is 19.3 Å². The molecule has 5 nitrogen and oxygen atoms in total. The van der Waals surface area contributed by atoms with Gasteiger partial charge in [-0.25, -0.2) is 4.79 Å². The molecule has 1 amide bonds. The van der Waals surface area contributed by atoms with Gasteiger partial charge in [-0.05, 0) is 66.3 Å². The summed E-state index contributed by atoms with van der Waals surface area (Å²) in [6.07, 6.45) is 6.10. The quantitative estimate of drug-likeness (QED) is 0.666. The summed E-state index contributed by atoms with van der Waals surface area (Å²) >= 11 is 0. The largest absolute Gasteiger partial charge is 0.452 e. The highest BCUT2D eigenvalue weighted by atomic mass is 16.5. The molecule has 2 aromatic carbocycles. The predicted octanol–water partition coefficient (Wildman–Crippen LogP) is 3.24. The number of carbonyl (C=O) groups is 2. The van der Waals surface area contributed by atoms with Crippen molar-refractivity contribution in [2.24, 2.45) is 0 Å². The molecule has 0 radical (unpaired) electrons. The van der Waals surface area contributed by atoms with E-state index in [0.29, 0.717) is 5.56 Å². The molecule has 130 valence electrons. The molecule has 0 fully saturated rings. The van der Waals surface area contributed by atoms with Crippen LogP contribution in [0.15, 0.2) is 48.5 Å². The summed E-state index contributed by atoms with van der Waals surface area (Å²) in [7, 11) is 0. The van der Waals surface area contributed by atoms with Gasteiger partial charge in [0.05, 0.1) is 11.6 Å². The lowest BCUT2D eigenvalue weighted by molar-refractivity contribution is -0.142. The average molecular weight is 346 g/mol. The molecule has 0 aliphatic heterocycles. The third-order valence-corrected chi connectivity index (χ3v) is 4.18. The van der Waals surface area contributed by atoms with Gasteiger partial charge in [0.15, 0.2) is 6.61 Å². The molecule has 5 heteroatoms. The molecule has 1 N–H and O–H groups in total. The SMILES string of the molecule is N#Cc1ccc(/C=C/C(=O)OCC(=O)Nc2ccc3c(c2)CCC3)cc1. The average Bonchev–Trinajstić information content (AvgIpc) is 3.13. The van der Waals surface area contributed by atoms with Crippen LogP contribution < -0.4 is 5.32 Å². The molecule has 0 unspecified atom stereocenters. The Kier molecular flexibility index (Phi) is 5.45. The lowest BCUT2D eigenvalue weighted by Crippen LogP contribution is -2.20. The fourth-order valence-electron chi connectivity index (χ4n) is 2.86. The monoisotopic (exact) mass is 346 g/mol. The number of hydrogen-bond acceptors (Lipinski definition) is 4. The lowest BCUT2D eigenvalue weighted by Gasteiger charge is -2.07. The van der Waals surface area contributed by atoms with Crippen LogP contribution in [0.1, 0.15) is 28.7 Å². The number of fused-ring (bicyclic) bond motifs is 1. The number of esters is 1. The van der Waals surface area contributed by atoms with Gasteiger partial charge in [0.1, 0.15) is 0 Å². The minimum atomic E-state index is -0.599. The first kappa shape index (κ1) is 17.4. The number of nitrogens with one attached hydrogen (secondary N) is 1. The fourth-order valence-corrected chi connectivity index (χ4v) is 2.86. The van der Waals surface area contributed by atoms with Crippen LogP contribution >= 0.6 is 0 Å². The normalized spacial score (nSPS) is 12.4. The van der Waals surface area contributed by atoms with Crippen LogP contribution in [-0.4, -0.2) is 18.5 Å². The molecule has 26 heavy (non-hydrogen) atoms. The summed E-state index contributed by atoms with van der Waals surface area (Å²) in [6.45, 7) is -0.340. The van der Waals surface area contributed by atoms with Crippen molar-refractivity contribution in [3.05, 3.63) is 70.8 Å². The van der Waals surface area contributed by atoms with E-state index in [1.165, 1.54) is 17.2 Å². The van der Waals surface area contributed by atoms with Gasteiger partial charge in [-0.2, -0.15) is 5.26 Å². The predicted molar refractivity (Wildman–Crippen MR) is 98.2 cm³/mol. The van der Waals surface area contributed by atoms with Crippen molar-refractivity contribution in [1.82, 2.24) is 0 Å². The molecule has 0 bridgehead atoms. The fraction of sp³-hybridized carbons (Fsp3) is 0.190. The van der Waals surface area contributed by atoms with Gasteiger partial charge in [-0.1, -0.05) is 18.2 Å². The number of benzene rings is 2. The van der Waals surface area contributed by atoms with Crippen molar-refractivity contribution in [1.29, 1.82) is 5.26 Å². The lowest BCUT2D eigenvalue weighted by atomic mass is 10.1. The highest BCUT2D eigenvalue weighted by molar-refractivity contribution is 5.94. The molecule has 1 aliphatic rings. The molecule has 0 heterocycles. The van der Waals surface area contributed by atoms with Crippen LogP contribution in [-0.2, 0) is 27.2 Å². The van der Waals surface area contributed by atoms with Crippen molar-refractivity contribution >= 4 is 23.6 Å². The zero-order chi connectivity index (χ0) is 18.4. The number of aryl methyl sites for hydroxylation is 2. The van der Waals surface area contributed by atoms with Crippen molar-refractivity contribution in [2.75, 3.05) is 11.9 Å². The number of ether oxygens (including phenoxy) is 1. The smallest absolute Gasteiger partial charge is 0.331 e. The van der Waals surface area contributed by atoms with E-state index >= 15 is 0 Å². The molecule has 0 atom stereocenters. The molecule has 2 aromatic rings. The van der Waals surface area contributed by atoms with E-state index in [1.54, 1.807) is 30.3 Å². The minimum absolute atomic E-state index is 0.340. The third kappa shape index (κ3) is 4.58. The zero-order valence-corrected chi connectivity index (χ0v) is 14.2. The maximum atomic E-state index is 11.9. The number of anilines is 1. The molecule has 0 spiro atoms. The Balaban J connectivity index is 1.47. The first-order valence-corrected chi connectivity index (χ1v) is 8.41. The zero-order valence-electron chi connectivity index (χ0n) is 14.2. The Morgan fingerprint density at radius 1 is 1.12 bits per heavy atom. The van der Waals surface area contributed by atoms with E-state index in [-0.39, 0.29) is 12.5 Å². The number of nitriles is 1. The van der Waals surface area contributed by atoms with Crippen LogP contribution in [0.5, 0.6) is 0 Å². The Morgan fingerprint density at radius 2 is 1.88 bits per heavy atom. The van der Waals surface area contributed by atoms with E-state index in [4.69, 9.17) is 10.00 Å². The van der Waals surface area contributed by atoms with E-state index in [9.17, 15) is 9.59 Å². The maximum absolute atomic E-state index is 11.9. The second-order valence-corrected chi connectivity index (χ2v) is 6.06. The summed E-state index contributed by atoms with van der Waals surface area (Å²) in [6, 6.07) is 14.7. The van der Waals surface area contributed by atoms with Crippen molar-refractivity contribution < 1.29 is 14.3 Å². The summed E-state index contributed by atoms with van der Waals surface area (Å²) < 4.78 is 4.95. The summed E-state index contributed by atoms with van der Waals surface area (Å²) in [5.41, 5.74) is 4.64. The number of rotatable bonds is 5. The molecule has 3 rings (SSSR count). The topological polar surface area (TPSA) is 79.2 Å². The molecular weight excluding hydrogens is 328 g/mol. The molecule has 0 saturated carbocycles. The van der Waals surface area contributed by atoms with E-state index < -0.39 is 5.97 Å². The highest BCUT2D eigenvalue weighted by Gasteiger charge is 2.12. The van der Waals surface area contributed by atoms with Crippen molar-refractivity contribution in [3.8, 4) is 6.07 Å². The van der Waals surface area contributed by atoms with E-state index in [1.807, 2.05) is 24.3 Å². The van der Waals surface area contributed by atoms with Crippen LogP contribution in [0.4, 0.5) is 5.69 Å². The Labute approximate surface area is 151 Å². The number of carbonyl (C=O) groups excluding carboxylic acids is 2. The van der Waals surface area contributed by atoms with Crippen LogP contribution in [0.25, 0.3) is 6.08 Å². The van der Waals surface area contributed by atoms with Gasteiger partial charge in [-0.3, -0.25) is 4.79 Å². The molecule has 0 saturated heterocycles. The number of nitrogens with zero attached hydrogens (tertiary/aromatic N) is 1. The second kappa shape index (κ2) is 8.13. The van der Waals surface area contributed by atoms with Gasteiger partial charge in [-0.15, -0.1) is 0 Å². The Morgan fingerprint density at radius 3 is 2.65 bits per heavy atom. The van der Waals surface area contributed by atoms with Gasteiger partial charge in [0.25, 0.3) is 5.91 Å². The van der Waals surface area contributed by atoms with Gasteiger partial charge in [0.2, 0.25) is 0 Å². The van der Waals surface area contributed by atoms with E-state index in [0.717, 1.165) is 30.5 Å². The van der Waals surface area contributed by atoms with Crippen LogP contribution in [0.3, 0.4) is 0 Å². The van der Waals surface area contributed by atoms with Crippen LogP contribution in [0.2, 0.25) is 0 Å². The number of amides is 1. The van der Waals surface area contributed by atoms with Gasteiger partial charge in [0, 0.05) is 11.8 Å². The van der Waals surface area contributed by atoms with E-state index in [2.05, 4.69) is 5.32 Å². The van der Waals surface area contributed by atoms with Gasteiger partial charge < -0.3 is 10.1 Å². The number of hydrogen-bond donors (Lipinski definition) is 1. The van der Waals surface area contributed by atoms with Crippen molar-refractivity contribution in [3.63, 3.8) is 0 Å². The first-order valence-electron chi connectivity index (χ1n) is 8.41. The third-order valence-electron chi connectivity index (χ3n) is 4.18. The second-order valence-electron chi connectivity index (χ2n) is 6.06. The standard InChI is InChI=1S/C21H18N2O3/c22-13-16-6-4-15(5-7-16)8-11-21(25)26-14-20(24)23-19-10-9-17-2-1-3-18(17)12-19/h4-12H,1-3,14H2,(H,23,24)/b11-8+. The highest BCUT2D eigenvalue weighted by Crippen LogP contribution is 2.24. The minimum Gasteiger partial charge on any atom is -0.452 e.